The number of methoxy groups -OCH3 is 2. The summed E-state index contributed by atoms with van der Waals surface area (Å²) in [6.45, 7) is 4.22. The molecule has 4 unspecified atom stereocenters. The van der Waals surface area contributed by atoms with E-state index < -0.39 is 0 Å². The SMILES string of the molecule is C1CCCC1.COC(=O)c1ccc(C2C(c3ccc(C)cc3)C(c3ccc(C)cc3)C2c2ccc(C(=O)OC)cc2)cc1.I.O=C=O.O=C=O.[CH3-].[CH3-].[Co+2]. The van der Waals surface area contributed by atoms with Gasteiger partial charge in [0.15, 0.2) is 0 Å². The van der Waals surface area contributed by atoms with Crippen LogP contribution in [0.4, 0.5) is 0 Å². The molecule has 0 heterocycles. The summed E-state index contributed by atoms with van der Waals surface area (Å²) in [5.74, 6) is 0.167. The summed E-state index contributed by atoms with van der Waals surface area (Å²) < 4.78 is 9.83. The molecule has 53 heavy (non-hydrogen) atoms. The fourth-order valence-corrected chi connectivity index (χ4v) is 6.79. The molecule has 0 aromatic heterocycles. The third-order valence-corrected chi connectivity index (χ3v) is 9.16. The molecule has 2 saturated carbocycles. The number of ether oxygens (including phenoxy) is 2. The Morgan fingerprint density at radius 3 is 0.849 bits per heavy atom. The van der Waals surface area contributed by atoms with Crippen molar-refractivity contribution in [3.63, 3.8) is 0 Å². The number of carbonyl (C=O) groups excluding carboxylic acids is 6. The number of benzene rings is 4. The van der Waals surface area contributed by atoms with Crippen molar-refractivity contribution in [2.24, 2.45) is 0 Å². The molecule has 0 bridgehead atoms. The van der Waals surface area contributed by atoms with Crippen LogP contribution in [0.1, 0.15) is 110 Å². The maximum atomic E-state index is 12.1. The van der Waals surface area contributed by atoms with Crippen molar-refractivity contribution in [3.8, 4) is 0 Å². The Labute approximate surface area is 341 Å². The third kappa shape index (κ3) is 14.0. The molecular weight excluding hydrogens is 830 g/mol. The standard InChI is InChI=1S/C34H32O4.C5H10.2CO2.2CH3.Co.HI/c1-21-5-9-23(10-6-21)29-30(24-11-7-22(2)8-12-24)32(26-15-19-28(20-16-26)34(36)38-4)31(29)25-13-17-27(18-14-25)33(35)37-3;1-2-4-5-3-1;2*2-1-3;;;;/h5-20,29-32H,1-4H3;1-5H2;;;2*1H3;;1H/q;;;;2*-1;+2;. The van der Waals surface area contributed by atoms with E-state index in [1.165, 1.54) is 79.7 Å². The van der Waals surface area contributed by atoms with E-state index in [0.717, 1.165) is 0 Å². The minimum atomic E-state index is -0.340. The zero-order valence-corrected chi connectivity index (χ0v) is 34.5. The molecule has 285 valence electrons. The molecule has 0 spiro atoms. The predicted molar refractivity (Wildman–Crippen MR) is 210 cm³/mol. The van der Waals surface area contributed by atoms with Gasteiger partial charge in [-0.1, -0.05) is 116 Å². The molecule has 2 fully saturated rings. The summed E-state index contributed by atoms with van der Waals surface area (Å²) in [6.07, 6.45) is 8.00. The van der Waals surface area contributed by atoms with Crippen molar-refractivity contribution < 1.29 is 55.0 Å². The van der Waals surface area contributed by atoms with E-state index in [-0.39, 0.29) is 104 Å². The number of esters is 2. The van der Waals surface area contributed by atoms with E-state index in [1.807, 2.05) is 24.3 Å². The molecule has 0 N–H and O–H groups in total. The second kappa shape index (κ2) is 26.6. The maximum absolute atomic E-state index is 12.1. The fraction of sp³-hybridized carbons (Fsp3) is 0.302. The number of rotatable bonds is 6. The van der Waals surface area contributed by atoms with Crippen molar-refractivity contribution in [2.75, 3.05) is 14.2 Å². The monoisotopic (exact) mass is 879 g/mol. The van der Waals surface area contributed by atoms with Gasteiger partial charge in [-0.25, -0.2) is 9.59 Å². The van der Waals surface area contributed by atoms with E-state index in [1.54, 1.807) is 0 Å². The maximum Gasteiger partial charge on any atom is 2.00 e. The topological polar surface area (TPSA) is 121 Å². The summed E-state index contributed by atoms with van der Waals surface area (Å²) in [5, 5.41) is 0. The van der Waals surface area contributed by atoms with Crippen molar-refractivity contribution in [3.05, 3.63) is 156 Å². The summed E-state index contributed by atoms with van der Waals surface area (Å²) in [6, 6.07) is 33.3. The molecule has 2 aliphatic carbocycles. The van der Waals surface area contributed by atoms with Gasteiger partial charge in [-0.15, -0.1) is 24.0 Å². The second-order valence-electron chi connectivity index (χ2n) is 12.1. The quantitative estimate of drug-likeness (QED) is 0.107. The second-order valence-corrected chi connectivity index (χ2v) is 12.1. The Morgan fingerprint density at radius 2 is 0.660 bits per heavy atom. The van der Waals surface area contributed by atoms with E-state index >= 15 is 0 Å². The largest absolute Gasteiger partial charge is 2.00 e. The van der Waals surface area contributed by atoms with Gasteiger partial charge in [-0.05, 0) is 84.0 Å². The zero-order valence-electron chi connectivity index (χ0n) is 31.1. The Hall–Kier alpha value is -4.18. The van der Waals surface area contributed by atoms with Gasteiger partial charge in [0.2, 0.25) is 0 Å². The van der Waals surface area contributed by atoms with Crippen LogP contribution in [-0.2, 0) is 45.4 Å². The summed E-state index contributed by atoms with van der Waals surface area (Å²) in [5.41, 5.74) is 8.48. The van der Waals surface area contributed by atoms with Gasteiger partial charge in [0, 0.05) is 0 Å². The van der Waals surface area contributed by atoms with Crippen molar-refractivity contribution in [1.82, 2.24) is 0 Å². The Bertz CT molecular complexity index is 1570. The van der Waals surface area contributed by atoms with Crippen LogP contribution in [0.5, 0.6) is 0 Å². The van der Waals surface area contributed by atoms with Crippen LogP contribution in [0, 0.1) is 28.7 Å². The van der Waals surface area contributed by atoms with Gasteiger partial charge in [0.25, 0.3) is 0 Å². The Balaban J connectivity index is 0. The van der Waals surface area contributed by atoms with E-state index in [9.17, 15) is 9.59 Å². The first-order valence-electron chi connectivity index (χ1n) is 16.2. The average Bonchev–Trinajstić information content (AvgIpc) is 3.71. The van der Waals surface area contributed by atoms with Crippen LogP contribution in [0.25, 0.3) is 0 Å². The van der Waals surface area contributed by atoms with Crippen LogP contribution < -0.4 is 0 Å². The molecule has 0 amide bonds. The van der Waals surface area contributed by atoms with E-state index in [0.29, 0.717) is 11.1 Å². The van der Waals surface area contributed by atoms with Crippen LogP contribution in [-0.4, -0.2) is 38.5 Å². The minimum absolute atomic E-state index is 0. The van der Waals surface area contributed by atoms with Crippen LogP contribution in [0.2, 0.25) is 0 Å². The fourth-order valence-electron chi connectivity index (χ4n) is 6.79. The van der Waals surface area contributed by atoms with Gasteiger partial charge in [0.05, 0.1) is 25.3 Å². The van der Waals surface area contributed by atoms with Gasteiger partial charge in [-0.2, -0.15) is 19.2 Å². The molecule has 4 atom stereocenters. The predicted octanol–water partition coefficient (Wildman–Crippen LogP) is 9.62. The zero-order chi connectivity index (χ0) is 35.8. The first kappa shape index (κ1) is 50.9. The molecular formula is C43H49CoIO8. The smallest absolute Gasteiger partial charge is 0.465 e. The number of hydrogen-bond donors (Lipinski definition) is 0. The first-order valence-corrected chi connectivity index (χ1v) is 16.2. The molecule has 1 radical (unpaired) electrons. The summed E-state index contributed by atoms with van der Waals surface area (Å²) >= 11 is 0. The summed E-state index contributed by atoms with van der Waals surface area (Å²) in [4.78, 5) is 56.7. The molecule has 4 aromatic carbocycles. The van der Waals surface area contributed by atoms with E-state index in [4.69, 9.17) is 28.7 Å². The minimum Gasteiger partial charge on any atom is -0.465 e. The number of hydrogen-bond acceptors (Lipinski definition) is 8. The molecule has 0 saturated heterocycles. The van der Waals surface area contributed by atoms with Gasteiger partial charge < -0.3 is 24.3 Å². The van der Waals surface area contributed by atoms with Gasteiger partial charge in [-0.3, -0.25) is 0 Å². The number of aryl methyl sites for hydroxylation is 2. The average molecular weight is 880 g/mol. The molecule has 2 aliphatic rings. The van der Waals surface area contributed by atoms with E-state index in [2.05, 4.69) is 86.6 Å². The molecule has 6 rings (SSSR count). The first-order chi connectivity index (χ1) is 23.7. The van der Waals surface area contributed by atoms with Crippen LogP contribution >= 0.6 is 24.0 Å². The molecule has 0 aliphatic heterocycles. The molecule has 4 aromatic rings. The van der Waals surface area contributed by atoms with Crippen molar-refractivity contribution in [2.45, 2.75) is 69.6 Å². The van der Waals surface area contributed by atoms with Crippen LogP contribution in [0.3, 0.4) is 0 Å². The molecule has 8 nitrogen and oxygen atoms in total. The normalized spacial score (nSPS) is 17.1. The molecule has 10 heteroatoms. The number of carbonyl (C=O) groups is 2. The summed E-state index contributed by atoms with van der Waals surface area (Å²) in [7, 11) is 2.80. The van der Waals surface area contributed by atoms with Gasteiger partial charge >= 0.3 is 41.0 Å². The number of halogens is 1. The van der Waals surface area contributed by atoms with Crippen LogP contribution in [0.15, 0.2) is 97.1 Å². The Morgan fingerprint density at radius 1 is 0.472 bits per heavy atom. The third-order valence-electron chi connectivity index (χ3n) is 9.16. The van der Waals surface area contributed by atoms with Crippen molar-refractivity contribution >= 4 is 48.2 Å². The Kier molecular flexibility index (Phi) is 25.5. The van der Waals surface area contributed by atoms with Gasteiger partial charge in [0.1, 0.15) is 0 Å². The van der Waals surface area contributed by atoms with Crippen molar-refractivity contribution in [1.29, 1.82) is 0 Å².